The lowest BCUT2D eigenvalue weighted by molar-refractivity contribution is 0.492. The average molecular weight is 170 g/mol. The van der Waals surface area contributed by atoms with Gasteiger partial charge >= 0.3 is 0 Å². The highest BCUT2D eigenvalue weighted by Crippen LogP contribution is 2.09. The maximum absolute atomic E-state index is 7.73. The van der Waals surface area contributed by atoms with Gasteiger partial charge in [-0.2, -0.15) is 0 Å². The van der Waals surface area contributed by atoms with Crippen LogP contribution in [-0.2, 0) is 0 Å². The van der Waals surface area contributed by atoms with E-state index in [0.29, 0.717) is 0 Å². The van der Waals surface area contributed by atoms with Gasteiger partial charge in [0.15, 0.2) is 0 Å². The van der Waals surface area contributed by atoms with Crippen molar-refractivity contribution >= 4 is 0 Å². The van der Waals surface area contributed by atoms with Gasteiger partial charge in [0.25, 0.3) is 0 Å². The molecule has 0 aromatic heterocycles. The third-order valence-corrected chi connectivity index (χ3v) is 2.31. The van der Waals surface area contributed by atoms with E-state index in [1.54, 1.807) is 0 Å². The summed E-state index contributed by atoms with van der Waals surface area (Å²) in [6.45, 7) is 4.44. The lowest BCUT2D eigenvalue weighted by Gasteiger charge is -2.08. The van der Waals surface area contributed by atoms with E-state index in [9.17, 15) is 0 Å². The van der Waals surface area contributed by atoms with E-state index in [-0.39, 0.29) is 6.04 Å². The molecule has 0 amide bonds. The molecule has 0 saturated carbocycles. The van der Waals surface area contributed by atoms with Crippen molar-refractivity contribution in [2.45, 2.75) is 71.3 Å². The number of hydrogen-bond donors (Lipinski definition) is 0. The van der Waals surface area contributed by atoms with Crippen molar-refractivity contribution in [2.24, 2.45) is 0 Å². The molecule has 1 heteroatoms. The molecule has 1 nitrogen and oxygen atoms in total. The Labute approximate surface area is 77.7 Å². The molecule has 12 heavy (non-hydrogen) atoms. The maximum Gasteiger partial charge on any atom is 0.0213 e. The highest BCUT2D eigenvalue weighted by molar-refractivity contribution is 4.60. The summed E-state index contributed by atoms with van der Waals surface area (Å²) < 4.78 is 0. The summed E-state index contributed by atoms with van der Waals surface area (Å²) >= 11 is 0. The Kier molecular flexibility index (Phi) is 9.02. The van der Waals surface area contributed by atoms with Crippen LogP contribution in [-0.4, -0.2) is 6.04 Å². The van der Waals surface area contributed by atoms with E-state index in [0.717, 1.165) is 12.8 Å². The largest absolute Gasteiger partial charge is 0.255 e. The molecule has 0 bridgehead atoms. The van der Waals surface area contributed by atoms with Gasteiger partial charge in [-0.3, -0.25) is 5.73 Å². The summed E-state index contributed by atoms with van der Waals surface area (Å²) in [5.74, 6) is 0. The van der Waals surface area contributed by atoms with Crippen molar-refractivity contribution in [3.05, 3.63) is 0 Å². The predicted octanol–water partition coefficient (Wildman–Crippen LogP) is 3.80. The highest BCUT2D eigenvalue weighted by Gasteiger charge is 2.01. The summed E-state index contributed by atoms with van der Waals surface area (Å²) in [6, 6.07) is 0.225. The number of nitrogens with one attached hydrogen (secondary N) is 1. The Morgan fingerprint density at radius 1 is 0.833 bits per heavy atom. The van der Waals surface area contributed by atoms with Crippen LogP contribution in [0.5, 0.6) is 0 Å². The third-order valence-electron chi connectivity index (χ3n) is 2.31. The molecule has 0 aliphatic carbocycles. The van der Waals surface area contributed by atoms with Gasteiger partial charge in [-0.05, 0) is 12.8 Å². The van der Waals surface area contributed by atoms with Crippen LogP contribution in [0.4, 0.5) is 0 Å². The maximum atomic E-state index is 7.73. The summed E-state index contributed by atoms with van der Waals surface area (Å²) in [7, 11) is 0. The molecule has 0 spiro atoms. The Morgan fingerprint density at radius 2 is 1.25 bits per heavy atom. The van der Waals surface area contributed by atoms with Gasteiger partial charge in [0, 0.05) is 6.04 Å². The quantitative estimate of drug-likeness (QED) is 0.495. The van der Waals surface area contributed by atoms with Gasteiger partial charge in [0.2, 0.25) is 0 Å². The number of hydrogen-bond acceptors (Lipinski definition) is 0. The van der Waals surface area contributed by atoms with Crippen molar-refractivity contribution in [3.8, 4) is 0 Å². The average Bonchev–Trinajstić information content (AvgIpc) is 2.06. The van der Waals surface area contributed by atoms with Gasteiger partial charge in [0.1, 0.15) is 0 Å². The molecular formula is C11H24N. The van der Waals surface area contributed by atoms with Gasteiger partial charge in [-0.25, -0.2) is 0 Å². The summed E-state index contributed by atoms with van der Waals surface area (Å²) in [5.41, 5.74) is 7.73. The predicted molar refractivity (Wildman–Crippen MR) is 55.2 cm³/mol. The molecule has 1 radical (unpaired) electrons. The second-order valence-electron chi connectivity index (χ2n) is 3.69. The lowest BCUT2D eigenvalue weighted by atomic mass is 10.0. The first-order chi connectivity index (χ1) is 5.81. The monoisotopic (exact) mass is 170 g/mol. The van der Waals surface area contributed by atoms with Crippen LogP contribution in [0, 0.1) is 0 Å². The SMILES string of the molecule is CCCCCC([NH])CCCCC. The summed E-state index contributed by atoms with van der Waals surface area (Å²) in [6.07, 6.45) is 9.94. The Bertz CT molecular complexity index is 71.1. The lowest BCUT2D eigenvalue weighted by Crippen LogP contribution is -2.08. The second-order valence-corrected chi connectivity index (χ2v) is 3.69. The zero-order chi connectivity index (χ0) is 9.23. The normalized spacial score (nSPS) is 11.0. The smallest absolute Gasteiger partial charge is 0.0213 e. The fourth-order valence-electron chi connectivity index (χ4n) is 1.43. The first-order valence-electron chi connectivity index (χ1n) is 5.52. The molecule has 73 valence electrons. The molecule has 0 aromatic carbocycles. The molecule has 0 unspecified atom stereocenters. The van der Waals surface area contributed by atoms with Crippen LogP contribution in [0.2, 0.25) is 0 Å². The molecule has 0 saturated heterocycles. The fraction of sp³-hybridized carbons (Fsp3) is 1.00. The highest BCUT2D eigenvalue weighted by atomic mass is 14.6. The van der Waals surface area contributed by atoms with E-state index in [1.807, 2.05) is 0 Å². The zero-order valence-electron chi connectivity index (χ0n) is 8.73. The molecular weight excluding hydrogens is 146 g/mol. The van der Waals surface area contributed by atoms with E-state index >= 15 is 0 Å². The molecule has 0 atom stereocenters. The van der Waals surface area contributed by atoms with E-state index in [2.05, 4.69) is 13.8 Å². The molecule has 1 N–H and O–H groups in total. The van der Waals surface area contributed by atoms with Crippen molar-refractivity contribution < 1.29 is 0 Å². The minimum atomic E-state index is 0.225. The van der Waals surface area contributed by atoms with E-state index < -0.39 is 0 Å². The number of unbranched alkanes of at least 4 members (excludes halogenated alkanes) is 4. The van der Waals surface area contributed by atoms with Crippen molar-refractivity contribution in [3.63, 3.8) is 0 Å². The van der Waals surface area contributed by atoms with Crippen LogP contribution in [0.1, 0.15) is 65.2 Å². The van der Waals surface area contributed by atoms with Crippen LogP contribution in [0.3, 0.4) is 0 Å². The number of rotatable bonds is 8. The topological polar surface area (TPSA) is 23.8 Å². The van der Waals surface area contributed by atoms with Crippen molar-refractivity contribution in [1.82, 2.24) is 5.73 Å². The molecule has 0 aromatic rings. The fourth-order valence-corrected chi connectivity index (χ4v) is 1.43. The Balaban J connectivity index is 3.04. The zero-order valence-corrected chi connectivity index (χ0v) is 8.73. The minimum Gasteiger partial charge on any atom is -0.255 e. The first-order valence-corrected chi connectivity index (χ1v) is 5.52. The Hall–Kier alpha value is -0.0400. The van der Waals surface area contributed by atoms with Gasteiger partial charge < -0.3 is 0 Å². The molecule has 0 fully saturated rings. The van der Waals surface area contributed by atoms with Gasteiger partial charge in [-0.1, -0.05) is 52.4 Å². The van der Waals surface area contributed by atoms with Gasteiger partial charge in [-0.15, -0.1) is 0 Å². The second kappa shape index (κ2) is 9.05. The van der Waals surface area contributed by atoms with Crippen molar-refractivity contribution in [2.75, 3.05) is 0 Å². The summed E-state index contributed by atoms with van der Waals surface area (Å²) in [5, 5.41) is 0. The summed E-state index contributed by atoms with van der Waals surface area (Å²) in [4.78, 5) is 0. The third kappa shape index (κ3) is 8.06. The minimum absolute atomic E-state index is 0.225. The van der Waals surface area contributed by atoms with E-state index in [4.69, 9.17) is 5.73 Å². The Morgan fingerprint density at radius 3 is 1.58 bits per heavy atom. The van der Waals surface area contributed by atoms with Gasteiger partial charge in [0.05, 0.1) is 0 Å². The van der Waals surface area contributed by atoms with E-state index in [1.165, 1.54) is 38.5 Å². The first kappa shape index (κ1) is 12.0. The molecule has 0 aliphatic heterocycles. The standard InChI is InChI=1S/C11H24N/c1-3-5-7-9-11(12)10-8-6-4-2/h11-12H,3-10H2,1-2H3. The molecule has 0 heterocycles. The van der Waals surface area contributed by atoms with Crippen LogP contribution < -0.4 is 5.73 Å². The van der Waals surface area contributed by atoms with Crippen molar-refractivity contribution in [1.29, 1.82) is 0 Å². The van der Waals surface area contributed by atoms with Crippen LogP contribution >= 0.6 is 0 Å². The molecule has 0 rings (SSSR count). The van der Waals surface area contributed by atoms with Crippen LogP contribution in [0.25, 0.3) is 0 Å². The molecule has 0 aliphatic rings. The van der Waals surface area contributed by atoms with Crippen LogP contribution in [0.15, 0.2) is 0 Å².